The van der Waals surface area contributed by atoms with Gasteiger partial charge < -0.3 is 10.6 Å². The minimum Gasteiger partial charge on any atom is -0.344 e. The molecule has 2 N–H and O–H groups in total. The summed E-state index contributed by atoms with van der Waals surface area (Å²) in [5.74, 6) is -0.552. The zero-order valence-electron chi connectivity index (χ0n) is 12.3. The van der Waals surface area contributed by atoms with Gasteiger partial charge in [-0.1, -0.05) is 6.92 Å². The molecule has 2 rings (SSSR count). The molecule has 0 spiro atoms. The maximum absolute atomic E-state index is 13.5. The van der Waals surface area contributed by atoms with Crippen LogP contribution in [0.4, 0.5) is 20.2 Å². The van der Waals surface area contributed by atoms with E-state index in [9.17, 15) is 8.78 Å². The zero-order valence-corrected chi connectivity index (χ0v) is 12.3. The van der Waals surface area contributed by atoms with Gasteiger partial charge in [0.05, 0.1) is 0 Å². The Balaban J connectivity index is 2.35. The Morgan fingerprint density at radius 2 is 1.67 bits per heavy atom. The van der Waals surface area contributed by atoms with E-state index in [0.29, 0.717) is 6.42 Å². The van der Waals surface area contributed by atoms with Gasteiger partial charge in [-0.05, 0) is 60.9 Å². The maximum atomic E-state index is 13.5. The van der Waals surface area contributed by atoms with Gasteiger partial charge in [-0.15, -0.1) is 0 Å². The molecule has 0 saturated heterocycles. The quantitative estimate of drug-likeness (QED) is 0.901. The number of anilines is 2. The standard InChI is InChI=1S/C17H20F2N2/c1-3-15(20)11-12-10-14(19)6-9-17(12)21(2)16-7-4-13(18)5-8-16/h4-10,15H,3,11,20H2,1-2H3. The summed E-state index contributed by atoms with van der Waals surface area (Å²) in [6, 6.07) is 10.9. The average molecular weight is 290 g/mol. The predicted molar refractivity (Wildman–Crippen MR) is 82.8 cm³/mol. The molecule has 2 nitrogen and oxygen atoms in total. The Hall–Kier alpha value is -1.94. The lowest BCUT2D eigenvalue weighted by Gasteiger charge is -2.24. The average Bonchev–Trinajstić information content (AvgIpc) is 2.47. The Kier molecular flexibility index (Phi) is 4.91. The second kappa shape index (κ2) is 6.68. The Bertz CT molecular complexity index is 596. The molecule has 4 heteroatoms. The van der Waals surface area contributed by atoms with Crippen LogP contribution in [0.5, 0.6) is 0 Å². The van der Waals surface area contributed by atoms with Crippen molar-refractivity contribution >= 4 is 11.4 Å². The largest absolute Gasteiger partial charge is 0.344 e. The highest BCUT2D eigenvalue weighted by molar-refractivity contribution is 5.65. The summed E-state index contributed by atoms with van der Waals surface area (Å²) in [5.41, 5.74) is 8.57. The molecule has 0 aliphatic rings. The van der Waals surface area contributed by atoms with Crippen LogP contribution < -0.4 is 10.6 Å². The Morgan fingerprint density at radius 1 is 1.05 bits per heavy atom. The summed E-state index contributed by atoms with van der Waals surface area (Å²) in [6.07, 6.45) is 1.44. The van der Waals surface area contributed by atoms with E-state index >= 15 is 0 Å². The zero-order chi connectivity index (χ0) is 15.4. The molecule has 0 aliphatic heterocycles. The fourth-order valence-electron chi connectivity index (χ4n) is 2.28. The van der Waals surface area contributed by atoms with E-state index in [1.807, 2.05) is 18.9 Å². The molecule has 0 heterocycles. The lowest BCUT2D eigenvalue weighted by Crippen LogP contribution is -2.23. The maximum Gasteiger partial charge on any atom is 0.123 e. The third-order valence-corrected chi connectivity index (χ3v) is 3.62. The van der Waals surface area contributed by atoms with E-state index in [-0.39, 0.29) is 17.7 Å². The predicted octanol–water partition coefficient (Wildman–Crippen LogP) is 4.01. The molecule has 2 aromatic carbocycles. The van der Waals surface area contributed by atoms with Crippen LogP contribution in [0.15, 0.2) is 42.5 Å². The molecule has 0 aliphatic carbocycles. The lowest BCUT2D eigenvalue weighted by molar-refractivity contribution is 0.614. The Labute approximate surface area is 124 Å². The van der Waals surface area contributed by atoms with Gasteiger partial charge in [0.1, 0.15) is 11.6 Å². The SMILES string of the molecule is CCC(N)Cc1cc(F)ccc1N(C)c1ccc(F)cc1. The van der Waals surface area contributed by atoms with Gasteiger partial charge in [0.15, 0.2) is 0 Å². The van der Waals surface area contributed by atoms with Crippen LogP contribution in [0.2, 0.25) is 0 Å². The van der Waals surface area contributed by atoms with Crippen molar-refractivity contribution in [2.45, 2.75) is 25.8 Å². The lowest BCUT2D eigenvalue weighted by atomic mass is 10.0. The molecule has 1 unspecified atom stereocenters. The van der Waals surface area contributed by atoms with Crippen LogP contribution in [0.3, 0.4) is 0 Å². The molecule has 21 heavy (non-hydrogen) atoms. The molecular formula is C17H20F2N2. The highest BCUT2D eigenvalue weighted by Gasteiger charge is 2.13. The highest BCUT2D eigenvalue weighted by atomic mass is 19.1. The first-order chi connectivity index (χ1) is 10.0. The number of halogens is 2. The van der Waals surface area contributed by atoms with Gasteiger partial charge in [-0.3, -0.25) is 0 Å². The van der Waals surface area contributed by atoms with Crippen molar-refractivity contribution in [3.63, 3.8) is 0 Å². The highest BCUT2D eigenvalue weighted by Crippen LogP contribution is 2.28. The molecule has 0 bridgehead atoms. The van der Waals surface area contributed by atoms with Crippen LogP contribution in [-0.4, -0.2) is 13.1 Å². The number of benzene rings is 2. The van der Waals surface area contributed by atoms with Crippen molar-refractivity contribution in [3.8, 4) is 0 Å². The summed E-state index contributed by atoms with van der Waals surface area (Å²) in [5, 5.41) is 0. The second-order valence-electron chi connectivity index (χ2n) is 5.18. The fraction of sp³-hybridized carbons (Fsp3) is 0.294. The Morgan fingerprint density at radius 3 is 2.29 bits per heavy atom. The van der Waals surface area contributed by atoms with Gasteiger partial charge in [0.25, 0.3) is 0 Å². The van der Waals surface area contributed by atoms with Crippen molar-refractivity contribution in [1.29, 1.82) is 0 Å². The van der Waals surface area contributed by atoms with Crippen molar-refractivity contribution in [3.05, 3.63) is 59.7 Å². The summed E-state index contributed by atoms with van der Waals surface area (Å²) < 4.78 is 26.5. The van der Waals surface area contributed by atoms with E-state index in [2.05, 4.69) is 0 Å². The van der Waals surface area contributed by atoms with Crippen LogP contribution >= 0.6 is 0 Å². The summed E-state index contributed by atoms with van der Waals surface area (Å²) in [7, 11) is 1.88. The monoisotopic (exact) mass is 290 g/mol. The van der Waals surface area contributed by atoms with Crippen LogP contribution in [0.25, 0.3) is 0 Å². The molecule has 0 radical (unpaired) electrons. The number of nitrogens with zero attached hydrogens (tertiary/aromatic N) is 1. The van der Waals surface area contributed by atoms with Crippen LogP contribution in [-0.2, 0) is 6.42 Å². The number of rotatable bonds is 5. The van der Waals surface area contributed by atoms with Gasteiger partial charge in [0, 0.05) is 24.5 Å². The van der Waals surface area contributed by atoms with Crippen molar-refractivity contribution in [1.82, 2.24) is 0 Å². The second-order valence-corrected chi connectivity index (χ2v) is 5.18. The minimum absolute atomic E-state index is 0.00725. The van der Waals surface area contributed by atoms with Gasteiger partial charge in [-0.2, -0.15) is 0 Å². The third-order valence-electron chi connectivity index (χ3n) is 3.62. The van der Waals surface area contributed by atoms with E-state index in [4.69, 9.17) is 5.73 Å². The molecule has 0 saturated carbocycles. The van der Waals surface area contributed by atoms with Gasteiger partial charge in [-0.25, -0.2) is 8.78 Å². The van der Waals surface area contributed by atoms with Gasteiger partial charge in [0.2, 0.25) is 0 Å². The van der Waals surface area contributed by atoms with E-state index in [1.54, 1.807) is 18.2 Å². The molecule has 1 atom stereocenters. The third kappa shape index (κ3) is 3.79. The van der Waals surface area contributed by atoms with E-state index in [1.165, 1.54) is 24.3 Å². The van der Waals surface area contributed by atoms with Crippen molar-refractivity contribution in [2.24, 2.45) is 5.73 Å². The van der Waals surface area contributed by atoms with Crippen LogP contribution in [0.1, 0.15) is 18.9 Å². The molecule has 0 fully saturated rings. The molecule has 2 aromatic rings. The molecular weight excluding hydrogens is 270 g/mol. The normalized spacial score (nSPS) is 12.2. The topological polar surface area (TPSA) is 29.3 Å². The first kappa shape index (κ1) is 15.4. The molecule has 0 amide bonds. The smallest absolute Gasteiger partial charge is 0.123 e. The van der Waals surface area contributed by atoms with Crippen molar-refractivity contribution in [2.75, 3.05) is 11.9 Å². The van der Waals surface area contributed by atoms with Gasteiger partial charge >= 0.3 is 0 Å². The summed E-state index contributed by atoms with van der Waals surface area (Å²) in [4.78, 5) is 1.91. The number of nitrogens with two attached hydrogens (primary N) is 1. The molecule has 112 valence electrons. The van der Waals surface area contributed by atoms with Crippen molar-refractivity contribution < 1.29 is 8.78 Å². The number of hydrogen-bond donors (Lipinski definition) is 1. The van der Waals surface area contributed by atoms with E-state index < -0.39 is 0 Å². The minimum atomic E-state index is -0.278. The molecule has 0 aromatic heterocycles. The fourth-order valence-corrected chi connectivity index (χ4v) is 2.28. The first-order valence-corrected chi connectivity index (χ1v) is 7.04. The first-order valence-electron chi connectivity index (χ1n) is 7.04. The summed E-state index contributed by atoms with van der Waals surface area (Å²) >= 11 is 0. The van der Waals surface area contributed by atoms with E-state index in [0.717, 1.165) is 23.4 Å². The summed E-state index contributed by atoms with van der Waals surface area (Å²) in [6.45, 7) is 2.01. The number of hydrogen-bond acceptors (Lipinski definition) is 2. The van der Waals surface area contributed by atoms with Crippen LogP contribution in [0, 0.1) is 11.6 Å².